The molecule has 5 heteroatoms. The lowest BCUT2D eigenvalue weighted by Crippen LogP contribution is -2.22. The average molecular weight is 333 g/mol. The predicted octanol–water partition coefficient (Wildman–Crippen LogP) is 3.76. The van der Waals surface area contributed by atoms with E-state index in [1.807, 2.05) is 54.6 Å². The van der Waals surface area contributed by atoms with Crippen LogP contribution in [0.15, 0.2) is 73.1 Å². The molecule has 0 spiro atoms. The maximum absolute atomic E-state index is 12.3. The van der Waals surface area contributed by atoms with Crippen LogP contribution in [0.2, 0.25) is 0 Å². The number of amides is 1. The molecule has 1 heterocycles. The Bertz CT molecular complexity index is 850. The summed E-state index contributed by atoms with van der Waals surface area (Å²) in [5.74, 6) is 0.557. The minimum Gasteiger partial charge on any atom is -0.495 e. The molecule has 0 saturated carbocycles. The standard InChI is InChI=1S/C20H19N3O2/c1-25-19-10-6-5-9-18(19)23-17-11-16(13-21-14-17)20(24)22-12-15-7-3-2-4-8-15/h2-11,13-14,23H,12H2,1H3,(H,22,24). The smallest absolute Gasteiger partial charge is 0.253 e. The third kappa shape index (κ3) is 4.35. The number of benzene rings is 2. The number of rotatable bonds is 6. The molecule has 0 saturated heterocycles. The summed E-state index contributed by atoms with van der Waals surface area (Å²) in [5.41, 5.74) is 3.08. The molecule has 0 aliphatic heterocycles. The number of hydrogen-bond donors (Lipinski definition) is 2. The number of carbonyl (C=O) groups is 1. The minimum absolute atomic E-state index is 0.167. The van der Waals surface area contributed by atoms with Gasteiger partial charge in [0.2, 0.25) is 0 Å². The number of ether oxygens (including phenoxy) is 1. The quantitative estimate of drug-likeness (QED) is 0.721. The molecule has 126 valence electrons. The Morgan fingerprint density at radius 1 is 1.04 bits per heavy atom. The number of nitrogens with zero attached hydrogens (tertiary/aromatic N) is 1. The SMILES string of the molecule is COc1ccccc1Nc1cncc(C(=O)NCc2ccccc2)c1. The average Bonchev–Trinajstić information content (AvgIpc) is 2.67. The van der Waals surface area contributed by atoms with E-state index in [0.29, 0.717) is 12.1 Å². The molecule has 0 aliphatic carbocycles. The van der Waals surface area contributed by atoms with Crippen molar-refractivity contribution < 1.29 is 9.53 Å². The van der Waals surface area contributed by atoms with Gasteiger partial charge in [0, 0.05) is 12.7 Å². The van der Waals surface area contributed by atoms with Gasteiger partial charge in [0.25, 0.3) is 5.91 Å². The Kier molecular flexibility index (Phi) is 5.26. The third-order valence-electron chi connectivity index (χ3n) is 3.68. The van der Waals surface area contributed by atoms with Crippen molar-refractivity contribution in [2.45, 2.75) is 6.54 Å². The van der Waals surface area contributed by atoms with Gasteiger partial charge in [-0.3, -0.25) is 9.78 Å². The fourth-order valence-electron chi connectivity index (χ4n) is 2.42. The summed E-state index contributed by atoms with van der Waals surface area (Å²) in [6.07, 6.45) is 3.22. The zero-order valence-corrected chi connectivity index (χ0v) is 13.9. The zero-order valence-electron chi connectivity index (χ0n) is 13.9. The van der Waals surface area contributed by atoms with Gasteiger partial charge in [-0.1, -0.05) is 42.5 Å². The van der Waals surface area contributed by atoms with Gasteiger partial charge in [-0.25, -0.2) is 0 Å². The Hall–Kier alpha value is -3.34. The molecular weight excluding hydrogens is 314 g/mol. The summed E-state index contributed by atoms with van der Waals surface area (Å²) in [4.78, 5) is 16.5. The first-order valence-electron chi connectivity index (χ1n) is 7.93. The first-order chi connectivity index (χ1) is 12.3. The lowest BCUT2D eigenvalue weighted by atomic mass is 10.2. The molecule has 1 amide bonds. The van der Waals surface area contributed by atoms with Crippen LogP contribution in [-0.4, -0.2) is 18.0 Å². The van der Waals surface area contributed by atoms with Crippen LogP contribution in [0.4, 0.5) is 11.4 Å². The van der Waals surface area contributed by atoms with Crippen molar-refractivity contribution in [3.05, 3.63) is 84.2 Å². The second kappa shape index (κ2) is 7.97. The van der Waals surface area contributed by atoms with Gasteiger partial charge in [-0.2, -0.15) is 0 Å². The highest BCUT2D eigenvalue weighted by atomic mass is 16.5. The lowest BCUT2D eigenvalue weighted by molar-refractivity contribution is 0.0950. The molecule has 2 aromatic carbocycles. The van der Waals surface area contributed by atoms with Crippen molar-refractivity contribution in [2.75, 3.05) is 12.4 Å². The highest BCUT2D eigenvalue weighted by Gasteiger charge is 2.08. The topological polar surface area (TPSA) is 63.2 Å². The molecule has 25 heavy (non-hydrogen) atoms. The highest BCUT2D eigenvalue weighted by Crippen LogP contribution is 2.26. The van der Waals surface area contributed by atoms with Crippen LogP contribution in [0.3, 0.4) is 0 Å². The van der Waals surface area contributed by atoms with Crippen LogP contribution >= 0.6 is 0 Å². The number of pyridine rings is 1. The minimum atomic E-state index is -0.167. The Morgan fingerprint density at radius 2 is 1.80 bits per heavy atom. The van der Waals surface area contributed by atoms with E-state index in [4.69, 9.17) is 4.74 Å². The van der Waals surface area contributed by atoms with Crippen LogP contribution < -0.4 is 15.4 Å². The molecule has 0 atom stereocenters. The maximum Gasteiger partial charge on any atom is 0.253 e. The van der Waals surface area contributed by atoms with Crippen LogP contribution in [0.5, 0.6) is 5.75 Å². The van der Waals surface area contributed by atoms with Crippen molar-refractivity contribution in [1.82, 2.24) is 10.3 Å². The molecule has 0 aliphatic rings. The van der Waals surface area contributed by atoms with E-state index in [1.54, 1.807) is 25.6 Å². The van der Waals surface area contributed by atoms with Crippen LogP contribution in [0.1, 0.15) is 15.9 Å². The third-order valence-corrected chi connectivity index (χ3v) is 3.68. The predicted molar refractivity (Wildman–Crippen MR) is 98.1 cm³/mol. The normalized spacial score (nSPS) is 10.1. The van der Waals surface area contributed by atoms with Crippen LogP contribution in [0, 0.1) is 0 Å². The molecule has 3 aromatic rings. The summed E-state index contributed by atoms with van der Waals surface area (Å²) >= 11 is 0. The Labute approximate surface area is 146 Å². The van der Waals surface area contributed by atoms with Crippen LogP contribution in [0.25, 0.3) is 0 Å². The van der Waals surface area contributed by atoms with Gasteiger partial charge in [0.05, 0.1) is 30.2 Å². The summed E-state index contributed by atoms with van der Waals surface area (Å²) in [6.45, 7) is 0.476. The molecular formula is C20H19N3O2. The van der Waals surface area contributed by atoms with E-state index < -0.39 is 0 Å². The first-order valence-corrected chi connectivity index (χ1v) is 7.93. The number of anilines is 2. The molecule has 0 radical (unpaired) electrons. The second-order valence-corrected chi connectivity index (χ2v) is 5.46. The molecule has 1 aromatic heterocycles. The van der Waals surface area contributed by atoms with Crippen LogP contribution in [-0.2, 0) is 6.54 Å². The monoisotopic (exact) mass is 333 g/mol. The fraction of sp³-hybridized carbons (Fsp3) is 0.100. The molecule has 3 rings (SSSR count). The molecule has 2 N–H and O–H groups in total. The number of carbonyl (C=O) groups excluding carboxylic acids is 1. The van der Waals surface area contributed by atoms with Gasteiger partial charge in [0.1, 0.15) is 5.75 Å². The fourth-order valence-corrected chi connectivity index (χ4v) is 2.42. The number of hydrogen-bond acceptors (Lipinski definition) is 4. The highest BCUT2D eigenvalue weighted by molar-refractivity contribution is 5.94. The van der Waals surface area contributed by atoms with Crippen molar-refractivity contribution in [2.24, 2.45) is 0 Å². The van der Waals surface area contributed by atoms with E-state index in [0.717, 1.165) is 22.7 Å². The van der Waals surface area contributed by atoms with Gasteiger partial charge in [0.15, 0.2) is 0 Å². The van der Waals surface area contributed by atoms with Gasteiger partial charge >= 0.3 is 0 Å². The number of methoxy groups -OCH3 is 1. The largest absolute Gasteiger partial charge is 0.495 e. The second-order valence-electron chi connectivity index (χ2n) is 5.46. The van der Waals surface area contributed by atoms with E-state index in [1.165, 1.54) is 0 Å². The lowest BCUT2D eigenvalue weighted by Gasteiger charge is -2.11. The van der Waals surface area contributed by atoms with E-state index in [2.05, 4.69) is 15.6 Å². The summed E-state index contributed by atoms with van der Waals surface area (Å²) in [6, 6.07) is 19.1. The first kappa shape index (κ1) is 16.5. The van der Waals surface area contributed by atoms with Crippen molar-refractivity contribution in [1.29, 1.82) is 0 Å². The van der Waals surface area contributed by atoms with Crippen molar-refractivity contribution >= 4 is 17.3 Å². The summed E-state index contributed by atoms with van der Waals surface area (Å²) in [7, 11) is 1.62. The van der Waals surface area contributed by atoms with Gasteiger partial charge in [-0.15, -0.1) is 0 Å². The molecule has 0 unspecified atom stereocenters. The summed E-state index contributed by atoms with van der Waals surface area (Å²) < 4.78 is 5.32. The molecule has 0 bridgehead atoms. The van der Waals surface area contributed by atoms with Gasteiger partial charge in [-0.05, 0) is 23.8 Å². The van der Waals surface area contributed by atoms with Crippen molar-refractivity contribution in [3.8, 4) is 5.75 Å². The molecule has 0 fully saturated rings. The van der Waals surface area contributed by atoms with E-state index in [-0.39, 0.29) is 5.91 Å². The number of nitrogens with one attached hydrogen (secondary N) is 2. The van der Waals surface area contributed by atoms with E-state index in [9.17, 15) is 4.79 Å². The zero-order chi connectivity index (χ0) is 17.5. The Balaban J connectivity index is 1.69. The molecule has 5 nitrogen and oxygen atoms in total. The summed E-state index contributed by atoms with van der Waals surface area (Å²) in [5, 5.41) is 6.12. The number of aromatic nitrogens is 1. The van der Waals surface area contributed by atoms with E-state index >= 15 is 0 Å². The Morgan fingerprint density at radius 3 is 2.60 bits per heavy atom. The van der Waals surface area contributed by atoms with Crippen molar-refractivity contribution in [3.63, 3.8) is 0 Å². The van der Waals surface area contributed by atoms with Gasteiger partial charge < -0.3 is 15.4 Å². The maximum atomic E-state index is 12.3. The number of para-hydroxylation sites is 2.